The molecule has 5 nitrogen and oxygen atoms in total. The largest absolute Gasteiger partial charge is 0.381 e. The van der Waals surface area contributed by atoms with Gasteiger partial charge in [-0.2, -0.15) is 0 Å². The zero-order valence-electron chi connectivity index (χ0n) is 11.0. The Morgan fingerprint density at radius 3 is 2.53 bits per heavy atom. The molecule has 1 aromatic carbocycles. The molecule has 0 heterocycles. The van der Waals surface area contributed by atoms with E-state index in [2.05, 4.69) is 4.72 Å². The number of methoxy groups -OCH3 is 1. The minimum absolute atomic E-state index is 0.0000104. The van der Waals surface area contributed by atoms with E-state index in [-0.39, 0.29) is 17.9 Å². The van der Waals surface area contributed by atoms with E-state index < -0.39 is 10.0 Å². The van der Waals surface area contributed by atoms with Crippen LogP contribution in [0, 0.1) is 0 Å². The first kappa shape index (κ1) is 14.5. The van der Waals surface area contributed by atoms with Crippen LogP contribution in [0.25, 0.3) is 0 Å². The average molecular weight is 284 g/mol. The Balaban J connectivity index is 1.97. The first-order chi connectivity index (χ1) is 9.04. The van der Waals surface area contributed by atoms with Crippen LogP contribution in [0.3, 0.4) is 0 Å². The average Bonchev–Trinajstić information content (AvgIpc) is 2.33. The Morgan fingerprint density at radius 2 is 1.95 bits per heavy atom. The number of hydrogen-bond donors (Lipinski definition) is 2. The van der Waals surface area contributed by atoms with Crippen molar-refractivity contribution in [1.82, 2.24) is 4.72 Å². The fourth-order valence-electron chi connectivity index (χ4n) is 2.25. The predicted molar refractivity (Wildman–Crippen MR) is 73.9 cm³/mol. The highest BCUT2D eigenvalue weighted by Gasteiger charge is 2.32. The predicted octanol–water partition coefficient (Wildman–Crippen LogP) is 0.742. The van der Waals surface area contributed by atoms with Crippen LogP contribution in [0.4, 0.5) is 0 Å². The molecule has 0 radical (unpaired) electrons. The van der Waals surface area contributed by atoms with Gasteiger partial charge in [-0.3, -0.25) is 0 Å². The van der Waals surface area contributed by atoms with Crippen LogP contribution in [0.5, 0.6) is 0 Å². The first-order valence-electron chi connectivity index (χ1n) is 6.33. The van der Waals surface area contributed by atoms with E-state index >= 15 is 0 Å². The number of rotatable bonds is 6. The van der Waals surface area contributed by atoms with Gasteiger partial charge in [-0.25, -0.2) is 13.1 Å². The molecule has 0 atom stereocenters. The molecule has 1 aliphatic rings. The standard InChI is InChI=1S/C13H20N2O3S/c1-18-13-6-12(7-13)15-19(16,17)9-11-5-3-2-4-10(11)8-14/h2-5,12-13,15H,6-9,14H2,1H3. The summed E-state index contributed by atoms with van der Waals surface area (Å²) in [5.74, 6) is -0.0193. The molecule has 0 saturated heterocycles. The third-order valence-electron chi connectivity index (χ3n) is 3.46. The molecule has 0 aromatic heterocycles. The Kier molecular flexibility index (Phi) is 4.57. The topological polar surface area (TPSA) is 81.4 Å². The number of benzene rings is 1. The maximum absolute atomic E-state index is 12.1. The minimum atomic E-state index is -3.32. The second-order valence-electron chi connectivity index (χ2n) is 4.88. The summed E-state index contributed by atoms with van der Waals surface area (Å²) in [6.45, 7) is 0.348. The van der Waals surface area contributed by atoms with E-state index in [1.165, 1.54) is 0 Å². The van der Waals surface area contributed by atoms with Crippen molar-refractivity contribution in [2.45, 2.75) is 37.3 Å². The maximum atomic E-state index is 12.1. The van der Waals surface area contributed by atoms with Crippen LogP contribution >= 0.6 is 0 Å². The lowest BCUT2D eigenvalue weighted by Gasteiger charge is -2.34. The van der Waals surface area contributed by atoms with Crippen molar-refractivity contribution in [3.8, 4) is 0 Å². The molecule has 3 N–H and O–H groups in total. The van der Waals surface area contributed by atoms with Crippen molar-refractivity contribution < 1.29 is 13.2 Å². The van der Waals surface area contributed by atoms with Crippen molar-refractivity contribution in [2.75, 3.05) is 7.11 Å². The summed E-state index contributed by atoms with van der Waals surface area (Å²) in [6, 6.07) is 7.35. The SMILES string of the molecule is COC1CC(NS(=O)(=O)Cc2ccccc2CN)C1. The van der Waals surface area contributed by atoms with Gasteiger partial charge in [-0.1, -0.05) is 24.3 Å². The van der Waals surface area contributed by atoms with Crippen molar-refractivity contribution in [2.24, 2.45) is 5.73 Å². The Morgan fingerprint density at radius 1 is 1.32 bits per heavy atom. The Bertz CT molecular complexity index is 524. The molecule has 19 heavy (non-hydrogen) atoms. The van der Waals surface area contributed by atoms with E-state index in [0.717, 1.165) is 24.0 Å². The van der Waals surface area contributed by atoms with Gasteiger partial charge in [0.1, 0.15) is 0 Å². The lowest BCUT2D eigenvalue weighted by Crippen LogP contribution is -2.47. The summed E-state index contributed by atoms with van der Waals surface area (Å²) < 4.78 is 32.0. The molecular formula is C13H20N2O3S. The highest BCUT2D eigenvalue weighted by molar-refractivity contribution is 7.88. The van der Waals surface area contributed by atoms with Gasteiger partial charge in [0.15, 0.2) is 0 Å². The third-order valence-corrected chi connectivity index (χ3v) is 4.84. The molecule has 1 aromatic rings. The molecule has 0 unspecified atom stereocenters. The molecule has 0 spiro atoms. The van der Waals surface area contributed by atoms with Crippen molar-refractivity contribution in [1.29, 1.82) is 0 Å². The Labute approximate surface area is 114 Å². The zero-order valence-corrected chi connectivity index (χ0v) is 11.8. The summed E-state index contributed by atoms with van der Waals surface area (Å²) in [6.07, 6.45) is 1.67. The van der Waals surface area contributed by atoms with Gasteiger partial charge in [-0.05, 0) is 24.0 Å². The second-order valence-corrected chi connectivity index (χ2v) is 6.63. The zero-order chi connectivity index (χ0) is 13.9. The monoisotopic (exact) mass is 284 g/mol. The second kappa shape index (κ2) is 6.00. The molecule has 1 fully saturated rings. The molecule has 1 aliphatic carbocycles. The van der Waals surface area contributed by atoms with Crippen LogP contribution in [-0.4, -0.2) is 27.7 Å². The van der Waals surface area contributed by atoms with Gasteiger partial charge in [0.25, 0.3) is 0 Å². The summed E-state index contributed by atoms with van der Waals surface area (Å²) in [5.41, 5.74) is 7.25. The molecule has 1 saturated carbocycles. The molecule has 0 bridgehead atoms. The number of nitrogens with two attached hydrogens (primary N) is 1. The molecule has 0 aliphatic heterocycles. The molecule has 106 valence electrons. The van der Waals surface area contributed by atoms with E-state index in [9.17, 15) is 8.42 Å². The lowest BCUT2D eigenvalue weighted by molar-refractivity contribution is 0.0236. The fraction of sp³-hybridized carbons (Fsp3) is 0.538. The maximum Gasteiger partial charge on any atom is 0.216 e. The summed E-state index contributed by atoms with van der Waals surface area (Å²) in [4.78, 5) is 0. The van der Waals surface area contributed by atoms with Gasteiger partial charge in [0.05, 0.1) is 11.9 Å². The highest BCUT2D eigenvalue weighted by Crippen LogP contribution is 2.24. The Hall–Kier alpha value is -0.950. The van der Waals surface area contributed by atoms with Crippen molar-refractivity contribution in [3.05, 3.63) is 35.4 Å². The first-order valence-corrected chi connectivity index (χ1v) is 7.99. The summed E-state index contributed by atoms with van der Waals surface area (Å²) in [7, 11) is -1.67. The van der Waals surface area contributed by atoms with Gasteiger partial charge in [-0.15, -0.1) is 0 Å². The number of sulfonamides is 1. The summed E-state index contributed by atoms with van der Waals surface area (Å²) in [5, 5.41) is 0. The van der Waals surface area contributed by atoms with Crippen molar-refractivity contribution >= 4 is 10.0 Å². The van der Waals surface area contributed by atoms with E-state index in [1.54, 1.807) is 13.2 Å². The normalized spacial score (nSPS) is 23.1. The number of hydrogen-bond acceptors (Lipinski definition) is 4. The summed E-state index contributed by atoms with van der Waals surface area (Å²) >= 11 is 0. The number of ether oxygens (including phenoxy) is 1. The van der Waals surface area contributed by atoms with Gasteiger partial charge in [0.2, 0.25) is 10.0 Å². The van der Waals surface area contributed by atoms with Gasteiger partial charge in [0, 0.05) is 19.7 Å². The van der Waals surface area contributed by atoms with Crippen LogP contribution in [0.15, 0.2) is 24.3 Å². The molecular weight excluding hydrogens is 264 g/mol. The van der Waals surface area contributed by atoms with Crippen LogP contribution in [0.1, 0.15) is 24.0 Å². The van der Waals surface area contributed by atoms with Crippen LogP contribution in [0.2, 0.25) is 0 Å². The lowest BCUT2D eigenvalue weighted by atomic mass is 9.90. The quantitative estimate of drug-likeness (QED) is 0.807. The highest BCUT2D eigenvalue weighted by atomic mass is 32.2. The fourth-order valence-corrected chi connectivity index (χ4v) is 3.73. The molecule has 0 amide bonds. The van der Waals surface area contributed by atoms with E-state index in [1.807, 2.05) is 18.2 Å². The minimum Gasteiger partial charge on any atom is -0.381 e. The van der Waals surface area contributed by atoms with Crippen molar-refractivity contribution in [3.63, 3.8) is 0 Å². The van der Waals surface area contributed by atoms with Crippen LogP contribution < -0.4 is 10.5 Å². The smallest absolute Gasteiger partial charge is 0.216 e. The third kappa shape index (κ3) is 3.76. The molecule has 2 rings (SSSR count). The van der Waals surface area contributed by atoms with Crippen LogP contribution in [-0.2, 0) is 27.1 Å². The molecule has 6 heteroatoms. The van der Waals surface area contributed by atoms with E-state index in [0.29, 0.717) is 6.54 Å². The van der Waals surface area contributed by atoms with E-state index in [4.69, 9.17) is 10.5 Å². The van der Waals surface area contributed by atoms with Gasteiger partial charge >= 0.3 is 0 Å². The number of nitrogens with one attached hydrogen (secondary N) is 1. The van der Waals surface area contributed by atoms with Gasteiger partial charge < -0.3 is 10.5 Å².